The Morgan fingerprint density at radius 2 is 0.662 bits per heavy atom. The zero-order valence-electron chi connectivity index (χ0n) is 48.0. The summed E-state index contributed by atoms with van der Waals surface area (Å²) in [6, 6.07) is -0.637. The fourth-order valence-corrected chi connectivity index (χ4v) is 10.0. The van der Waals surface area contributed by atoms with E-state index in [4.69, 9.17) is 4.74 Å². The largest absolute Gasteiger partial charge is 0.466 e. The van der Waals surface area contributed by atoms with Crippen LogP contribution in [-0.4, -0.2) is 47.4 Å². The SMILES string of the molecule is CCCCCCCCC/C=C\CCCCCCCCCC(=O)OCCCCCCCCCCCCCCCCC(=O)NC(CO)C(O)/C=C/CCCCCCCCCCCCCCCCCCCCCC. The molecular weight excluding hydrogens is 875 g/mol. The number of esters is 1. The van der Waals surface area contributed by atoms with Crippen molar-refractivity contribution in [3.63, 3.8) is 0 Å². The monoisotopic (exact) mass is 1000 g/mol. The van der Waals surface area contributed by atoms with Crippen LogP contribution in [0.1, 0.15) is 354 Å². The van der Waals surface area contributed by atoms with Crippen molar-refractivity contribution in [2.45, 2.75) is 366 Å². The molecule has 0 saturated carbocycles. The quantitative estimate of drug-likeness (QED) is 0.0320. The number of hydrogen-bond acceptors (Lipinski definition) is 5. The fourth-order valence-electron chi connectivity index (χ4n) is 10.0. The van der Waals surface area contributed by atoms with Gasteiger partial charge in [0.25, 0.3) is 0 Å². The van der Waals surface area contributed by atoms with Crippen molar-refractivity contribution < 1.29 is 24.5 Å². The first kappa shape index (κ1) is 69.3. The van der Waals surface area contributed by atoms with Gasteiger partial charge in [0.05, 0.1) is 25.4 Å². The predicted molar refractivity (Wildman–Crippen MR) is 310 cm³/mol. The highest BCUT2D eigenvalue weighted by Gasteiger charge is 2.18. The van der Waals surface area contributed by atoms with Gasteiger partial charge in [-0.2, -0.15) is 0 Å². The third kappa shape index (κ3) is 57.5. The highest BCUT2D eigenvalue weighted by molar-refractivity contribution is 5.76. The van der Waals surface area contributed by atoms with Crippen LogP contribution in [-0.2, 0) is 14.3 Å². The molecule has 2 unspecified atom stereocenters. The van der Waals surface area contributed by atoms with Crippen LogP contribution < -0.4 is 5.32 Å². The molecule has 0 aromatic carbocycles. The zero-order valence-corrected chi connectivity index (χ0v) is 48.0. The van der Waals surface area contributed by atoms with E-state index in [1.54, 1.807) is 6.08 Å². The second-order valence-corrected chi connectivity index (χ2v) is 22.1. The molecule has 1 amide bonds. The average molecular weight is 1000 g/mol. The number of carbonyl (C=O) groups is 2. The van der Waals surface area contributed by atoms with Crippen LogP contribution in [0, 0.1) is 0 Å². The predicted octanol–water partition coefficient (Wildman–Crippen LogP) is 20.2. The molecule has 0 aliphatic heterocycles. The maximum Gasteiger partial charge on any atom is 0.305 e. The Morgan fingerprint density at radius 3 is 1.00 bits per heavy atom. The fraction of sp³-hybridized carbons (Fsp3) is 0.908. The maximum atomic E-state index is 12.5. The Morgan fingerprint density at radius 1 is 0.380 bits per heavy atom. The van der Waals surface area contributed by atoms with Gasteiger partial charge in [-0.15, -0.1) is 0 Å². The summed E-state index contributed by atoms with van der Waals surface area (Å²) in [5, 5.41) is 23.2. The van der Waals surface area contributed by atoms with Crippen molar-refractivity contribution in [1.29, 1.82) is 0 Å². The summed E-state index contributed by atoms with van der Waals surface area (Å²) < 4.78 is 5.49. The van der Waals surface area contributed by atoms with Crippen LogP contribution in [0.25, 0.3) is 0 Å². The molecule has 0 bridgehead atoms. The lowest BCUT2D eigenvalue weighted by atomic mass is 10.0. The van der Waals surface area contributed by atoms with Gasteiger partial charge in [0.1, 0.15) is 0 Å². The minimum atomic E-state index is -0.853. The number of amides is 1. The Labute approximate surface area is 443 Å². The third-order valence-electron chi connectivity index (χ3n) is 15.0. The molecule has 0 rings (SSSR count). The van der Waals surface area contributed by atoms with Crippen LogP contribution in [0.2, 0.25) is 0 Å². The van der Waals surface area contributed by atoms with Crippen molar-refractivity contribution >= 4 is 11.9 Å². The first-order valence-corrected chi connectivity index (χ1v) is 32.1. The molecule has 6 heteroatoms. The van der Waals surface area contributed by atoms with Gasteiger partial charge in [0, 0.05) is 12.8 Å². The third-order valence-corrected chi connectivity index (χ3v) is 15.0. The van der Waals surface area contributed by atoms with E-state index in [-0.39, 0.29) is 18.5 Å². The van der Waals surface area contributed by atoms with Crippen molar-refractivity contribution in [2.24, 2.45) is 0 Å². The lowest BCUT2D eigenvalue weighted by molar-refractivity contribution is -0.143. The summed E-state index contributed by atoms with van der Waals surface area (Å²) in [6.07, 6.45) is 75.0. The van der Waals surface area contributed by atoms with Gasteiger partial charge in [-0.3, -0.25) is 9.59 Å². The van der Waals surface area contributed by atoms with E-state index >= 15 is 0 Å². The smallest absolute Gasteiger partial charge is 0.305 e. The number of rotatable bonds is 60. The molecule has 0 aromatic rings. The number of ether oxygens (including phenoxy) is 1. The number of hydrogen-bond donors (Lipinski definition) is 3. The number of carbonyl (C=O) groups excluding carboxylic acids is 2. The standard InChI is InChI=1S/C65H125NO5/c1-3-5-7-9-11-13-15-17-19-21-23-24-25-26-27-29-33-37-41-45-49-53-57-63(68)62(61-67)66-64(69)58-54-50-46-42-38-34-31-32-36-40-44-48-52-56-60-71-65(70)59-55-51-47-43-39-35-30-28-22-20-18-16-14-12-10-8-6-4-2/h20,22,53,57,62-63,67-68H,3-19,21,23-52,54-56,58-61H2,1-2H3,(H,66,69)/b22-20-,57-53+. The van der Waals surface area contributed by atoms with E-state index in [2.05, 4.69) is 31.3 Å². The van der Waals surface area contributed by atoms with Gasteiger partial charge < -0.3 is 20.3 Å². The van der Waals surface area contributed by atoms with E-state index in [9.17, 15) is 19.8 Å². The van der Waals surface area contributed by atoms with Crippen LogP contribution in [0.5, 0.6) is 0 Å². The van der Waals surface area contributed by atoms with Gasteiger partial charge in [0.2, 0.25) is 5.91 Å². The van der Waals surface area contributed by atoms with Crippen LogP contribution in [0.15, 0.2) is 24.3 Å². The van der Waals surface area contributed by atoms with Crippen LogP contribution >= 0.6 is 0 Å². The van der Waals surface area contributed by atoms with E-state index in [1.807, 2.05) is 6.08 Å². The summed E-state index contributed by atoms with van der Waals surface area (Å²) in [4.78, 5) is 24.6. The molecule has 420 valence electrons. The molecule has 0 aliphatic carbocycles. The van der Waals surface area contributed by atoms with Crippen molar-refractivity contribution in [3.8, 4) is 0 Å². The van der Waals surface area contributed by atoms with Gasteiger partial charge in [-0.05, 0) is 57.8 Å². The van der Waals surface area contributed by atoms with Crippen molar-refractivity contribution in [3.05, 3.63) is 24.3 Å². The number of aliphatic hydroxyl groups is 2. The first-order valence-electron chi connectivity index (χ1n) is 32.1. The highest BCUT2D eigenvalue weighted by Crippen LogP contribution is 2.18. The molecule has 6 nitrogen and oxygen atoms in total. The Kier molecular flexibility index (Phi) is 59.5. The molecule has 0 saturated heterocycles. The molecule has 71 heavy (non-hydrogen) atoms. The minimum absolute atomic E-state index is 0.00542. The van der Waals surface area contributed by atoms with E-state index in [0.717, 1.165) is 57.8 Å². The number of aliphatic hydroxyl groups excluding tert-OH is 2. The van der Waals surface area contributed by atoms with Gasteiger partial charge in [-0.25, -0.2) is 0 Å². The first-order chi connectivity index (χ1) is 35.0. The minimum Gasteiger partial charge on any atom is -0.466 e. The van der Waals surface area contributed by atoms with Crippen molar-refractivity contribution in [1.82, 2.24) is 5.32 Å². The van der Waals surface area contributed by atoms with Crippen LogP contribution in [0.4, 0.5) is 0 Å². The molecule has 3 N–H and O–H groups in total. The highest BCUT2D eigenvalue weighted by atomic mass is 16.5. The van der Waals surface area contributed by atoms with E-state index < -0.39 is 12.1 Å². The normalized spacial score (nSPS) is 12.7. The molecule has 2 atom stereocenters. The summed E-state index contributed by atoms with van der Waals surface area (Å²) in [5.41, 5.74) is 0. The molecule has 0 aliphatic rings. The number of unbranched alkanes of at least 4 members (excludes halogenated alkanes) is 47. The maximum absolute atomic E-state index is 12.5. The summed E-state index contributed by atoms with van der Waals surface area (Å²) in [5.74, 6) is -0.0805. The van der Waals surface area contributed by atoms with Crippen LogP contribution in [0.3, 0.4) is 0 Å². The molecule has 0 radical (unpaired) electrons. The molecule has 0 aromatic heterocycles. The van der Waals surface area contributed by atoms with Gasteiger partial charge in [0.15, 0.2) is 0 Å². The average Bonchev–Trinajstić information content (AvgIpc) is 3.37. The summed E-state index contributed by atoms with van der Waals surface area (Å²) in [6.45, 7) is 4.91. The molecule has 0 fully saturated rings. The zero-order chi connectivity index (χ0) is 51.4. The van der Waals surface area contributed by atoms with E-state index in [1.165, 1.54) is 270 Å². The van der Waals surface area contributed by atoms with Gasteiger partial charge >= 0.3 is 5.97 Å². The Bertz CT molecular complexity index is 1110. The Hall–Kier alpha value is -1.66. The van der Waals surface area contributed by atoms with Crippen molar-refractivity contribution in [2.75, 3.05) is 13.2 Å². The second kappa shape index (κ2) is 60.9. The summed E-state index contributed by atoms with van der Waals surface area (Å²) in [7, 11) is 0. The summed E-state index contributed by atoms with van der Waals surface area (Å²) >= 11 is 0. The Balaban J connectivity index is 3.45. The number of nitrogens with one attached hydrogen (secondary N) is 1. The second-order valence-electron chi connectivity index (χ2n) is 22.1. The molecule has 0 heterocycles. The number of allylic oxidation sites excluding steroid dienone is 3. The molecular formula is C65H125NO5. The lowest BCUT2D eigenvalue weighted by Crippen LogP contribution is -2.45. The lowest BCUT2D eigenvalue weighted by Gasteiger charge is -2.20. The van der Waals surface area contributed by atoms with Gasteiger partial charge in [-0.1, -0.05) is 308 Å². The van der Waals surface area contributed by atoms with E-state index in [0.29, 0.717) is 19.4 Å². The molecule has 0 spiro atoms. The topological polar surface area (TPSA) is 95.9 Å².